The molecule has 1 nitrogen and oxygen atoms in total. The number of benzene rings is 1. The first-order valence-electron chi connectivity index (χ1n) is 7.25. The Labute approximate surface area is 112 Å². The molecule has 1 saturated carbocycles. The smallest absolute Gasteiger partial charge is 0.0208 e. The van der Waals surface area contributed by atoms with Crippen molar-refractivity contribution in [3.8, 4) is 0 Å². The molecule has 0 saturated heterocycles. The molecule has 1 unspecified atom stereocenters. The monoisotopic (exact) mass is 245 g/mol. The minimum atomic E-state index is 0.526. The topological polar surface area (TPSA) is 12.0 Å². The lowest BCUT2D eigenvalue weighted by molar-refractivity contribution is 0.198. The molecule has 2 rings (SSSR count). The van der Waals surface area contributed by atoms with Crippen LogP contribution in [0.2, 0.25) is 0 Å². The molecule has 0 radical (unpaired) electrons. The summed E-state index contributed by atoms with van der Waals surface area (Å²) in [5, 5.41) is 3.75. The molecule has 1 atom stereocenters. The highest BCUT2D eigenvalue weighted by molar-refractivity contribution is 5.28. The van der Waals surface area contributed by atoms with Crippen LogP contribution in [-0.4, -0.2) is 6.04 Å². The molecular formula is C17H27N. The highest BCUT2D eigenvalue weighted by Gasteiger charge is 2.27. The summed E-state index contributed by atoms with van der Waals surface area (Å²) in [6.45, 7) is 10.2. The molecular weight excluding hydrogens is 218 g/mol. The second-order valence-electron chi connectivity index (χ2n) is 6.83. The zero-order valence-corrected chi connectivity index (χ0v) is 12.3. The average Bonchev–Trinajstić information content (AvgIpc) is 2.24. The van der Waals surface area contributed by atoms with E-state index in [1.165, 1.54) is 42.4 Å². The molecule has 0 bridgehead atoms. The van der Waals surface area contributed by atoms with E-state index in [1.54, 1.807) is 0 Å². The second-order valence-corrected chi connectivity index (χ2v) is 6.83. The molecule has 0 amide bonds. The van der Waals surface area contributed by atoms with Gasteiger partial charge in [0.25, 0.3) is 0 Å². The predicted molar refractivity (Wildman–Crippen MR) is 78.8 cm³/mol. The van der Waals surface area contributed by atoms with E-state index in [9.17, 15) is 0 Å². The molecule has 1 aliphatic rings. The van der Waals surface area contributed by atoms with Crippen molar-refractivity contribution < 1.29 is 0 Å². The summed E-state index contributed by atoms with van der Waals surface area (Å²) < 4.78 is 0. The summed E-state index contributed by atoms with van der Waals surface area (Å²) in [7, 11) is 0. The Bertz CT molecular complexity index is 386. The van der Waals surface area contributed by atoms with E-state index in [1.807, 2.05) is 0 Å². The minimum absolute atomic E-state index is 0.526. The number of hydrogen-bond donors (Lipinski definition) is 1. The van der Waals surface area contributed by atoms with Crippen LogP contribution in [0.1, 0.15) is 56.2 Å². The molecule has 1 heteroatoms. The Morgan fingerprint density at radius 3 is 2.44 bits per heavy atom. The SMILES string of the molecule is Cc1cc(C)cc(CNC2CCCC(C)(C)C2)c1. The normalized spacial score (nSPS) is 23.0. The standard InChI is InChI=1S/C17H27N/c1-13-8-14(2)10-15(9-13)12-18-16-6-5-7-17(3,4)11-16/h8-10,16,18H,5-7,11-12H2,1-4H3. The Kier molecular flexibility index (Phi) is 4.11. The van der Waals surface area contributed by atoms with Crippen molar-refractivity contribution in [2.45, 2.75) is 66.0 Å². The van der Waals surface area contributed by atoms with Gasteiger partial charge in [-0.3, -0.25) is 0 Å². The van der Waals surface area contributed by atoms with Gasteiger partial charge >= 0.3 is 0 Å². The zero-order chi connectivity index (χ0) is 13.2. The van der Waals surface area contributed by atoms with Crippen molar-refractivity contribution >= 4 is 0 Å². The molecule has 1 aromatic carbocycles. The number of hydrogen-bond acceptors (Lipinski definition) is 1. The first kappa shape index (κ1) is 13.6. The quantitative estimate of drug-likeness (QED) is 0.834. The molecule has 100 valence electrons. The Balaban J connectivity index is 1.91. The van der Waals surface area contributed by atoms with E-state index in [4.69, 9.17) is 0 Å². The summed E-state index contributed by atoms with van der Waals surface area (Å²) in [4.78, 5) is 0. The number of aryl methyl sites for hydroxylation is 2. The van der Waals surface area contributed by atoms with E-state index < -0.39 is 0 Å². The van der Waals surface area contributed by atoms with E-state index in [-0.39, 0.29) is 0 Å². The van der Waals surface area contributed by atoms with Crippen LogP contribution in [0.15, 0.2) is 18.2 Å². The molecule has 1 aliphatic carbocycles. The molecule has 0 aromatic heterocycles. The zero-order valence-electron chi connectivity index (χ0n) is 12.3. The van der Waals surface area contributed by atoms with E-state index in [0.29, 0.717) is 11.5 Å². The highest BCUT2D eigenvalue weighted by atomic mass is 14.9. The second kappa shape index (κ2) is 5.44. The maximum atomic E-state index is 3.75. The summed E-state index contributed by atoms with van der Waals surface area (Å²) in [5.74, 6) is 0. The summed E-state index contributed by atoms with van der Waals surface area (Å²) in [6.07, 6.45) is 5.41. The molecule has 0 heterocycles. The van der Waals surface area contributed by atoms with Gasteiger partial charge in [0.1, 0.15) is 0 Å². The molecule has 1 N–H and O–H groups in total. The third-order valence-electron chi connectivity index (χ3n) is 4.08. The van der Waals surface area contributed by atoms with Gasteiger partial charge in [-0.15, -0.1) is 0 Å². The average molecular weight is 245 g/mol. The van der Waals surface area contributed by atoms with Crippen molar-refractivity contribution in [1.82, 2.24) is 5.32 Å². The fraction of sp³-hybridized carbons (Fsp3) is 0.647. The Hall–Kier alpha value is -0.820. The maximum Gasteiger partial charge on any atom is 0.0208 e. The van der Waals surface area contributed by atoms with Gasteiger partial charge < -0.3 is 5.32 Å². The lowest BCUT2D eigenvalue weighted by atomic mass is 9.75. The van der Waals surface area contributed by atoms with Gasteiger partial charge in [0.2, 0.25) is 0 Å². The Morgan fingerprint density at radius 2 is 1.83 bits per heavy atom. The molecule has 18 heavy (non-hydrogen) atoms. The first-order valence-corrected chi connectivity index (χ1v) is 7.25. The largest absolute Gasteiger partial charge is 0.310 e. The molecule has 1 aromatic rings. The van der Waals surface area contributed by atoms with Crippen LogP contribution in [0.25, 0.3) is 0 Å². The van der Waals surface area contributed by atoms with E-state index >= 15 is 0 Å². The maximum absolute atomic E-state index is 3.75. The van der Waals surface area contributed by atoms with Gasteiger partial charge in [-0.25, -0.2) is 0 Å². The number of rotatable bonds is 3. The van der Waals surface area contributed by atoms with Crippen LogP contribution >= 0.6 is 0 Å². The third-order valence-corrected chi connectivity index (χ3v) is 4.08. The summed E-state index contributed by atoms with van der Waals surface area (Å²) in [6, 6.07) is 7.55. The van der Waals surface area contributed by atoms with Crippen molar-refractivity contribution in [3.05, 3.63) is 34.9 Å². The van der Waals surface area contributed by atoms with Crippen molar-refractivity contribution in [2.24, 2.45) is 5.41 Å². The van der Waals surface area contributed by atoms with E-state index in [0.717, 1.165) is 6.54 Å². The first-order chi connectivity index (χ1) is 8.44. The lowest BCUT2D eigenvalue weighted by Gasteiger charge is -2.35. The van der Waals surface area contributed by atoms with E-state index in [2.05, 4.69) is 51.2 Å². The highest BCUT2D eigenvalue weighted by Crippen LogP contribution is 2.35. The van der Waals surface area contributed by atoms with Crippen LogP contribution in [0, 0.1) is 19.3 Å². The molecule has 0 aliphatic heterocycles. The van der Waals surface area contributed by atoms with Gasteiger partial charge in [0.05, 0.1) is 0 Å². The van der Waals surface area contributed by atoms with Gasteiger partial charge in [-0.1, -0.05) is 49.6 Å². The van der Waals surface area contributed by atoms with Gasteiger partial charge in [-0.05, 0) is 44.1 Å². The van der Waals surface area contributed by atoms with Gasteiger partial charge in [0, 0.05) is 12.6 Å². The molecule has 1 fully saturated rings. The predicted octanol–water partition coefficient (Wildman–Crippen LogP) is 4.36. The van der Waals surface area contributed by atoms with Crippen LogP contribution < -0.4 is 5.32 Å². The fourth-order valence-corrected chi connectivity index (χ4v) is 3.31. The minimum Gasteiger partial charge on any atom is -0.310 e. The van der Waals surface area contributed by atoms with Crippen LogP contribution in [0.5, 0.6) is 0 Å². The number of nitrogens with one attached hydrogen (secondary N) is 1. The summed E-state index contributed by atoms with van der Waals surface area (Å²) >= 11 is 0. The van der Waals surface area contributed by atoms with Gasteiger partial charge in [-0.2, -0.15) is 0 Å². The van der Waals surface area contributed by atoms with Crippen LogP contribution in [-0.2, 0) is 6.54 Å². The lowest BCUT2D eigenvalue weighted by Crippen LogP contribution is -2.36. The van der Waals surface area contributed by atoms with Crippen LogP contribution in [0.4, 0.5) is 0 Å². The van der Waals surface area contributed by atoms with Crippen LogP contribution in [0.3, 0.4) is 0 Å². The van der Waals surface area contributed by atoms with Gasteiger partial charge in [0.15, 0.2) is 0 Å². The van der Waals surface area contributed by atoms with Crippen molar-refractivity contribution in [2.75, 3.05) is 0 Å². The third kappa shape index (κ3) is 3.84. The fourth-order valence-electron chi connectivity index (χ4n) is 3.31. The molecule has 0 spiro atoms. The Morgan fingerprint density at radius 1 is 1.17 bits per heavy atom. The summed E-state index contributed by atoms with van der Waals surface area (Å²) in [5.41, 5.74) is 4.70. The van der Waals surface area contributed by atoms with Crippen molar-refractivity contribution in [3.63, 3.8) is 0 Å². The van der Waals surface area contributed by atoms with Crippen molar-refractivity contribution in [1.29, 1.82) is 0 Å².